The van der Waals surface area contributed by atoms with Gasteiger partial charge in [0.2, 0.25) is 0 Å². The molecule has 3 rings (SSSR count). The van der Waals surface area contributed by atoms with Crippen molar-refractivity contribution in [3.63, 3.8) is 0 Å². The monoisotopic (exact) mass is 302 g/mol. The van der Waals surface area contributed by atoms with Gasteiger partial charge in [0, 0.05) is 12.0 Å². The summed E-state index contributed by atoms with van der Waals surface area (Å²) in [7, 11) is 0. The van der Waals surface area contributed by atoms with Crippen LogP contribution in [0.4, 0.5) is 4.39 Å². The van der Waals surface area contributed by atoms with E-state index in [1.54, 1.807) is 24.3 Å². The largest absolute Gasteiger partial charge is 0.316 e. The summed E-state index contributed by atoms with van der Waals surface area (Å²) in [4.78, 5) is 25.6. The lowest BCUT2D eigenvalue weighted by Crippen LogP contribution is -2.39. The molecule has 2 amide bonds. The number of hydrogen-bond acceptors (Lipinski definition) is 3. The van der Waals surface area contributed by atoms with Gasteiger partial charge < -0.3 is 5.32 Å². The number of halogens is 1. The number of carbonyl (C=O) groups excluding carboxylic acids is 2. The number of piperidine rings is 1. The van der Waals surface area contributed by atoms with Crippen molar-refractivity contribution in [2.75, 3.05) is 19.6 Å². The van der Waals surface area contributed by atoms with E-state index in [-0.39, 0.29) is 17.8 Å². The summed E-state index contributed by atoms with van der Waals surface area (Å²) < 4.78 is 14.7. The lowest BCUT2D eigenvalue weighted by atomic mass is 9.79. The molecule has 0 radical (unpaired) electrons. The van der Waals surface area contributed by atoms with Crippen molar-refractivity contribution in [3.05, 3.63) is 46.8 Å². The van der Waals surface area contributed by atoms with Gasteiger partial charge in [0.1, 0.15) is 5.83 Å². The Balaban J connectivity index is 1.88. The molecule has 0 unspecified atom stereocenters. The Bertz CT molecular complexity index is 644. The zero-order chi connectivity index (χ0) is 15.9. The molecule has 1 N–H and O–H groups in total. The molecule has 0 bridgehead atoms. The maximum atomic E-state index is 14.7. The van der Waals surface area contributed by atoms with Gasteiger partial charge in [-0.15, -0.1) is 0 Å². The molecule has 4 nitrogen and oxygen atoms in total. The van der Waals surface area contributed by atoms with Crippen LogP contribution in [0.1, 0.15) is 41.0 Å². The van der Waals surface area contributed by atoms with E-state index in [2.05, 4.69) is 5.32 Å². The molecule has 1 aromatic rings. The van der Waals surface area contributed by atoms with Crippen molar-refractivity contribution in [2.45, 2.75) is 20.3 Å². The zero-order valence-electron chi connectivity index (χ0n) is 12.8. The number of imide groups is 1. The smallest absolute Gasteiger partial charge is 0.261 e. The number of carbonyl (C=O) groups is 2. The molecule has 1 fully saturated rings. The van der Waals surface area contributed by atoms with Gasteiger partial charge in [-0.05, 0) is 30.7 Å². The molecule has 0 aromatic heterocycles. The summed E-state index contributed by atoms with van der Waals surface area (Å²) in [5.41, 5.74) is 1.11. The quantitative estimate of drug-likeness (QED) is 0.854. The molecule has 2 heterocycles. The Morgan fingerprint density at radius 3 is 2.36 bits per heavy atom. The SMILES string of the molecule is CC1(C)CNCCC1=C(F)CN1C(=O)c2ccccc2C1=O. The van der Waals surface area contributed by atoms with Crippen LogP contribution in [0.3, 0.4) is 0 Å². The first-order valence-electron chi connectivity index (χ1n) is 7.46. The molecule has 0 spiro atoms. The van der Waals surface area contributed by atoms with Gasteiger partial charge in [0.15, 0.2) is 0 Å². The van der Waals surface area contributed by atoms with E-state index in [1.807, 2.05) is 13.8 Å². The lowest BCUT2D eigenvalue weighted by molar-refractivity contribution is 0.0658. The van der Waals surface area contributed by atoms with Crippen LogP contribution in [0.25, 0.3) is 0 Å². The number of nitrogens with zero attached hydrogens (tertiary/aromatic N) is 1. The normalized spacial score (nSPS) is 22.8. The molecule has 2 aliphatic heterocycles. The summed E-state index contributed by atoms with van der Waals surface area (Å²) in [5.74, 6) is -1.19. The Kier molecular flexibility index (Phi) is 3.60. The second kappa shape index (κ2) is 5.32. The predicted molar refractivity (Wildman–Crippen MR) is 81.2 cm³/mol. The third-order valence-corrected chi connectivity index (χ3v) is 4.44. The van der Waals surface area contributed by atoms with E-state index in [9.17, 15) is 14.0 Å². The van der Waals surface area contributed by atoms with Gasteiger partial charge in [-0.3, -0.25) is 14.5 Å². The van der Waals surface area contributed by atoms with Crippen molar-refractivity contribution >= 4 is 11.8 Å². The van der Waals surface area contributed by atoms with Gasteiger partial charge >= 0.3 is 0 Å². The van der Waals surface area contributed by atoms with Crippen molar-refractivity contribution in [1.29, 1.82) is 0 Å². The van der Waals surface area contributed by atoms with Crippen LogP contribution in [0.5, 0.6) is 0 Å². The van der Waals surface area contributed by atoms with Gasteiger partial charge in [-0.25, -0.2) is 4.39 Å². The van der Waals surface area contributed by atoms with Gasteiger partial charge in [0.05, 0.1) is 17.7 Å². The van der Waals surface area contributed by atoms with E-state index < -0.39 is 11.8 Å². The van der Waals surface area contributed by atoms with Crippen LogP contribution in [0, 0.1) is 5.41 Å². The maximum absolute atomic E-state index is 14.7. The minimum atomic E-state index is -0.414. The van der Waals surface area contributed by atoms with Gasteiger partial charge in [-0.1, -0.05) is 26.0 Å². The highest BCUT2D eigenvalue weighted by Crippen LogP contribution is 2.35. The fourth-order valence-electron chi connectivity index (χ4n) is 3.18. The minimum absolute atomic E-state index is 0.273. The molecular formula is C17H19FN2O2. The summed E-state index contributed by atoms with van der Waals surface area (Å²) in [6, 6.07) is 6.63. The molecule has 0 atom stereocenters. The van der Waals surface area contributed by atoms with Crippen LogP contribution < -0.4 is 5.32 Å². The van der Waals surface area contributed by atoms with E-state index in [0.29, 0.717) is 36.2 Å². The minimum Gasteiger partial charge on any atom is -0.316 e. The number of benzene rings is 1. The molecule has 0 aliphatic carbocycles. The van der Waals surface area contributed by atoms with Crippen LogP contribution in [0.15, 0.2) is 35.7 Å². The Morgan fingerprint density at radius 2 is 1.82 bits per heavy atom. The first-order valence-corrected chi connectivity index (χ1v) is 7.46. The summed E-state index contributed by atoms with van der Waals surface area (Å²) in [5, 5.41) is 3.24. The molecule has 1 aromatic carbocycles. The second-order valence-electron chi connectivity index (χ2n) is 6.44. The van der Waals surface area contributed by atoms with Gasteiger partial charge in [-0.2, -0.15) is 0 Å². The Hall–Kier alpha value is -2.01. The van der Waals surface area contributed by atoms with Crippen molar-refractivity contribution in [2.24, 2.45) is 5.41 Å². The van der Waals surface area contributed by atoms with Crippen LogP contribution >= 0.6 is 0 Å². The molecular weight excluding hydrogens is 283 g/mol. The summed E-state index contributed by atoms with van der Waals surface area (Å²) in [6.45, 7) is 5.07. The van der Waals surface area contributed by atoms with E-state index in [4.69, 9.17) is 0 Å². The number of nitrogens with one attached hydrogen (secondary N) is 1. The maximum Gasteiger partial charge on any atom is 0.261 e. The molecule has 5 heteroatoms. The van der Waals surface area contributed by atoms with Gasteiger partial charge in [0.25, 0.3) is 11.8 Å². The summed E-state index contributed by atoms with van der Waals surface area (Å²) in [6.07, 6.45) is 0.599. The lowest BCUT2D eigenvalue weighted by Gasteiger charge is -2.34. The predicted octanol–water partition coefficient (Wildman–Crippen LogP) is 2.53. The second-order valence-corrected chi connectivity index (χ2v) is 6.44. The fourth-order valence-corrected chi connectivity index (χ4v) is 3.18. The van der Waals surface area contributed by atoms with Crippen molar-refractivity contribution in [3.8, 4) is 0 Å². The highest BCUT2D eigenvalue weighted by atomic mass is 19.1. The number of fused-ring (bicyclic) bond motifs is 1. The van der Waals surface area contributed by atoms with E-state index in [1.165, 1.54) is 0 Å². The first-order chi connectivity index (χ1) is 10.4. The number of hydrogen-bond donors (Lipinski definition) is 1. The Labute approximate surface area is 129 Å². The Morgan fingerprint density at radius 1 is 1.23 bits per heavy atom. The molecule has 0 saturated carbocycles. The van der Waals surface area contributed by atoms with E-state index >= 15 is 0 Å². The third kappa shape index (κ3) is 2.35. The van der Waals surface area contributed by atoms with Crippen molar-refractivity contribution in [1.82, 2.24) is 10.2 Å². The topological polar surface area (TPSA) is 49.4 Å². The highest BCUT2D eigenvalue weighted by molar-refractivity contribution is 6.21. The van der Waals surface area contributed by atoms with Crippen LogP contribution in [0.2, 0.25) is 0 Å². The van der Waals surface area contributed by atoms with Crippen molar-refractivity contribution < 1.29 is 14.0 Å². The molecule has 22 heavy (non-hydrogen) atoms. The number of rotatable bonds is 2. The highest BCUT2D eigenvalue weighted by Gasteiger charge is 2.37. The zero-order valence-corrected chi connectivity index (χ0v) is 12.8. The van der Waals surface area contributed by atoms with Crippen LogP contribution in [-0.2, 0) is 0 Å². The summed E-state index contributed by atoms with van der Waals surface area (Å²) >= 11 is 0. The molecule has 1 saturated heterocycles. The standard InChI is InChI=1S/C17H19FN2O2/c1-17(2)10-19-8-7-13(17)14(18)9-20-15(21)11-5-3-4-6-12(11)16(20)22/h3-6,19H,7-10H2,1-2H3. The van der Waals surface area contributed by atoms with E-state index in [0.717, 1.165) is 4.90 Å². The average molecular weight is 302 g/mol. The fraction of sp³-hybridized carbons (Fsp3) is 0.412. The average Bonchev–Trinajstić information content (AvgIpc) is 2.72. The third-order valence-electron chi connectivity index (χ3n) is 4.44. The number of amides is 2. The van der Waals surface area contributed by atoms with Crippen LogP contribution in [-0.4, -0.2) is 36.3 Å². The molecule has 2 aliphatic rings. The molecule has 116 valence electrons. The first kappa shape index (κ1) is 14.9.